The van der Waals surface area contributed by atoms with Gasteiger partial charge in [-0.15, -0.1) is 0 Å². The summed E-state index contributed by atoms with van der Waals surface area (Å²) >= 11 is 0. The molecule has 0 bridgehead atoms. The minimum atomic E-state index is -0.508. The van der Waals surface area contributed by atoms with E-state index in [1.807, 2.05) is 0 Å². The highest BCUT2D eigenvalue weighted by Gasteiger charge is 2.10. The summed E-state index contributed by atoms with van der Waals surface area (Å²) in [7, 11) is 0. The van der Waals surface area contributed by atoms with Gasteiger partial charge in [0, 0.05) is 12.4 Å². The molecular weight excluding hydrogens is 142 g/mol. The molecule has 58 valence electrons. The second kappa shape index (κ2) is 3.21. The van der Waals surface area contributed by atoms with Gasteiger partial charge in [0.15, 0.2) is 5.78 Å². The Hall–Kier alpha value is -1.29. The first-order valence-electron chi connectivity index (χ1n) is 3.27. The number of nitrogens with zero attached hydrogens (tertiary/aromatic N) is 2. The van der Waals surface area contributed by atoms with Crippen LogP contribution in [0.3, 0.4) is 0 Å². The fourth-order valence-corrected chi connectivity index (χ4v) is 0.660. The van der Waals surface area contributed by atoms with E-state index in [2.05, 4.69) is 9.97 Å². The van der Waals surface area contributed by atoms with Crippen molar-refractivity contribution in [3.63, 3.8) is 0 Å². The van der Waals surface area contributed by atoms with Crippen LogP contribution in [0.5, 0.6) is 0 Å². The van der Waals surface area contributed by atoms with E-state index in [4.69, 9.17) is 5.73 Å². The highest BCUT2D eigenvalue weighted by molar-refractivity contribution is 5.97. The summed E-state index contributed by atoms with van der Waals surface area (Å²) in [6.45, 7) is 1.62. The van der Waals surface area contributed by atoms with Crippen molar-refractivity contribution in [2.24, 2.45) is 5.73 Å². The Bertz CT molecular complexity index is 245. The number of hydrogen-bond donors (Lipinski definition) is 1. The largest absolute Gasteiger partial charge is 0.321 e. The number of carbonyl (C=O) groups is 1. The molecule has 0 saturated carbocycles. The van der Waals surface area contributed by atoms with Crippen molar-refractivity contribution < 1.29 is 4.79 Å². The Kier molecular flexibility index (Phi) is 2.28. The van der Waals surface area contributed by atoms with Crippen LogP contribution in [0.1, 0.15) is 17.4 Å². The zero-order valence-electron chi connectivity index (χ0n) is 6.19. The van der Waals surface area contributed by atoms with E-state index in [1.54, 1.807) is 6.92 Å². The first-order chi connectivity index (χ1) is 5.22. The molecule has 0 radical (unpaired) electrons. The van der Waals surface area contributed by atoms with Crippen LogP contribution in [0.25, 0.3) is 0 Å². The molecule has 0 aliphatic heterocycles. The van der Waals surface area contributed by atoms with Crippen LogP contribution in [0, 0.1) is 0 Å². The van der Waals surface area contributed by atoms with Crippen LogP contribution in [0.4, 0.5) is 0 Å². The van der Waals surface area contributed by atoms with Gasteiger partial charge in [-0.05, 0) is 6.92 Å². The molecule has 4 heteroatoms. The number of Topliss-reactive ketones (excluding diaryl/α,β-unsaturated/α-hetero) is 1. The molecule has 0 unspecified atom stereocenters. The topological polar surface area (TPSA) is 68.9 Å². The average Bonchev–Trinajstić information content (AvgIpc) is 2.05. The monoisotopic (exact) mass is 151 g/mol. The van der Waals surface area contributed by atoms with Gasteiger partial charge in [0.1, 0.15) is 5.69 Å². The number of carbonyl (C=O) groups excluding carboxylic acids is 1. The maximum atomic E-state index is 11.1. The molecule has 11 heavy (non-hydrogen) atoms. The number of aromatic nitrogens is 2. The lowest BCUT2D eigenvalue weighted by Crippen LogP contribution is -2.27. The van der Waals surface area contributed by atoms with Crippen molar-refractivity contribution in [3.05, 3.63) is 24.3 Å². The van der Waals surface area contributed by atoms with Gasteiger partial charge in [-0.2, -0.15) is 0 Å². The van der Waals surface area contributed by atoms with Crippen LogP contribution in [0.2, 0.25) is 0 Å². The molecule has 4 nitrogen and oxygen atoms in total. The molecule has 1 aromatic rings. The summed E-state index contributed by atoms with van der Waals surface area (Å²) < 4.78 is 0. The molecule has 1 aromatic heterocycles. The summed E-state index contributed by atoms with van der Waals surface area (Å²) in [6, 6.07) is -0.508. The highest BCUT2D eigenvalue weighted by atomic mass is 16.1. The normalized spacial score (nSPS) is 12.5. The van der Waals surface area contributed by atoms with Crippen LogP contribution in [-0.2, 0) is 0 Å². The fourth-order valence-electron chi connectivity index (χ4n) is 0.660. The van der Waals surface area contributed by atoms with Crippen LogP contribution >= 0.6 is 0 Å². The van der Waals surface area contributed by atoms with Crippen molar-refractivity contribution in [3.8, 4) is 0 Å². The number of ketones is 1. The van der Waals surface area contributed by atoms with Crippen LogP contribution < -0.4 is 5.73 Å². The summed E-state index contributed by atoms with van der Waals surface area (Å²) in [5, 5.41) is 0. The van der Waals surface area contributed by atoms with Crippen molar-refractivity contribution in [2.45, 2.75) is 13.0 Å². The molecule has 1 heterocycles. The summed E-state index contributed by atoms with van der Waals surface area (Å²) in [6.07, 6.45) is 4.39. The zero-order chi connectivity index (χ0) is 8.27. The number of nitrogens with two attached hydrogens (primary N) is 1. The Morgan fingerprint density at radius 1 is 1.64 bits per heavy atom. The minimum Gasteiger partial charge on any atom is -0.321 e. The SMILES string of the molecule is C[C@@H](N)C(=O)c1cnccn1. The standard InChI is InChI=1S/C7H9N3O/c1-5(8)7(11)6-4-9-2-3-10-6/h2-5H,8H2,1H3/t5-/m1/s1. The molecule has 0 saturated heterocycles. The van der Waals surface area contributed by atoms with E-state index in [0.29, 0.717) is 5.69 Å². The maximum absolute atomic E-state index is 11.1. The van der Waals surface area contributed by atoms with E-state index >= 15 is 0 Å². The summed E-state index contributed by atoms with van der Waals surface area (Å²) in [5.74, 6) is -0.182. The maximum Gasteiger partial charge on any atom is 0.199 e. The summed E-state index contributed by atoms with van der Waals surface area (Å²) in [5.41, 5.74) is 5.67. The second-order valence-corrected chi connectivity index (χ2v) is 2.24. The lowest BCUT2D eigenvalue weighted by atomic mass is 10.2. The lowest BCUT2D eigenvalue weighted by Gasteiger charge is -2.00. The van der Waals surface area contributed by atoms with Gasteiger partial charge < -0.3 is 5.73 Å². The number of hydrogen-bond acceptors (Lipinski definition) is 4. The molecule has 0 aliphatic carbocycles. The van der Waals surface area contributed by atoms with Crippen molar-refractivity contribution >= 4 is 5.78 Å². The predicted molar refractivity (Wildman–Crippen MR) is 40.0 cm³/mol. The Morgan fingerprint density at radius 2 is 2.36 bits per heavy atom. The Morgan fingerprint density at radius 3 is 2.82 bits per heavy atom. The molecule has 1 atom stereocenters. The molecule has 0 amide bonds. The lowest BCUT2D eigenvalue weighted by molar-refractivity contribution is 0.0962. The van der Waals surface area contributed by atoms with E-state index in [9.17, 15) is 4.79 Å². The zero-order valence-corrected chi connectivity index (χ0v) is 6.19. The fraction of sp³-hybridized carbons (Fsp3) is 0.286. The van der Waals surface area contributed by atoms with Crippen molar-refractivity contribution in [2.75, 3.05) is 0 Å². The third-order valence-corrected chi connectivity index (χ3v) is 1.23. The van der Waals surface area contributed by atoms with Gasteiger partial charge in [-0.3, -0.25) is 9.78 Å². The summed E-state index contributed by atoms with van der Waals surface area (Å²) in [4.78, 5) is 18.7. The first-order valence-corrected chi connectivity index (χ1v) is 3.27. The van der Waals surface area contributed by atoms with Gasteiger partial charge >= 0.3 is 0 Å². The van der Waals surface area contributed by atoms with E-state index in [0.717, 1.165) is 0 Å². The molecule has 0 fully saturated rings. The van der Waals surface area contributed by atoms with E-state index in [-0.39, 0.29) is 5.78 Å². The minimum absolute atomic E-state index is 0.182. The van der Waals surface area contributed by atoms with Gasteiger partial charge in [0.2, 0.25) is 0 Å². The smallest absolute Gasteiger partial charge is 0.199 e. The Labute approximate surface area is 64.5 Å². The van der Waals surface area contributed by atoms with Gasteiger partial charge in [0.05, 0.1) is 12.2 Å². The molecular formula is C7H9N3O. The molecule has 0 aliphatic rings. The van der Waals surface area contributed by atoms with Crippen LogP contribution in [0.15, 0.2) is 18.6 Å². The quantitative estimate of drug-likeness (QED) is 0.604. The molecule has 0 aromatic carbocycles. The molecule has 2 N–H and O–H groups in total. The third-order valence-electron chi connectivity index (χ3n) is 1.23. The van der Waals surface area contributed by atoms with Crippen molar-refractivity contribution in [1.82, 2.24) is 9.97 Å². The first kappa shape index (κ1) is 7.81. The van der Waals surface area contributed by atoms with Crippen molar-refractivity contribution in [1.29, 1.82) is 0 Å². The van der Waals surface area contributed by atoms with E-state index in [1.165, 1.54) is 18.6 Å². The molecule has 0 spiro atoms. The van der Waals surface area contributed by atoms with Gasteiger partial charge in [-0.1, -0.05) is 0 Å². The average molecular weight is 151 g/mol. The third kappa shape index (κ3) is 1.81. The molecule has 1 rings (SSSR count). The van der Waals surface area contributed by atoms with Gasteiger partial charge in [-0.25, -0.2) is 4.98 Å². The van der Waals surface area contributed by atoms with Gasteiger partial charge in [0.25, 0.3) is 0 Å². The second-order valence-electron chi connectivity index (χ2n) is 2.24. The highest BCUT2D eigenvalue weighted by Crippen LogP contribution is 1.94. The number of rotatable bonds is 2. The Balaban J connectivity index is 2.86. The van der Waals surface area contributed by atoms with Crippen LogP contribution in [-0.4, -0.2) is 21.8 Å². The predicted octanol–water partition coefficient (Wildman–Crippen LogP) is 0.00650. The van der Waals surface area contributed by atoms with E-state index < -0.39 is 6.04 Å².